The molecule has 0 aliphatic carbocycles. The fraction of sp³-hybridized carbons (Fsp3) is 0.538. The van der Waals surface area contributed by atoms with Gasteiger partial charge >= 0.3 is 0 Å². The zero-order valence-corrected chi connectivity index (χ0v) is 12.4. The summed E-state index contributed by atoms with van der Waals surface area (Å²) in [5.41, 5.74) is 1.03. The maximum atomic E-state index is 10.8. The molecule has 6 heteroatoms. The predicted octanol–water partition coefficient (Wildman–Crippen LogP) is 2.87. The van der Waals surface area contributed by atoms with Crippen LogP contribution in [-0.2, 0) is 11.3 Å². The summed E-state index contributed by atoms with van der Waals surface area (Å²) in [5.74, 6) is 0.533. The van der Waals surface area contributed by atoms with Crippen molar-refractivity contribution in [3.05, 3.63) is 38.3 Å². The van der Waals surface area contributed by atoms with Crippen LogP contribution in [0, 0.1) is 16.0 Å². The Morgan fingerprint density at radius 3 is 3.00 bits per heavy atom. The van der Waals surface area contributed by atoms with Gasteiger partial charge in [0.15, 0.2) is 0 Å². The first-order chi connectivity index (χ1) is 9.08. The number of benzene rings is 1. The summed E-state index contributed by atoms with van der Waals surface area (Å²) in [5, 5.41) is 14.2. The van der Waals surface area contributed by atoms with Crippen LogP contribution in [0.3, 0.4) is 0 Å². The maximum absolute atomic E-state index is 10.8. The highest BCUT2D eigenvalue weighted by Crippen LogP contribution is 2.25. The fourth-order valence-corrected chi connectivity index (χ4v) is 2.65. The first-order valence-electron chi connectivity index (χ1n) is 6.33. The van der Waals surface area contributed by atoms with Crippen molar-refractivity contribution in [1.29, 1.82) is 0 Å². The average Bonchev–Trinajstić information content (AvgIpc) is 2.77. The van der Waals surface area contributed by atoms with Crippen LogP contribution in [0.1, 0.15) is 18.9 Å². The van der Waals surface area contributed by atoms with Gasteiger partial charge in [0.05, 0.1) is 15.5 Å². The van der Waals surface area contributed by atoms with E-state index in [0.29, 0.717) is 23.0 Å². The molecule has 0 radical (unpaired) electrons. The van der Waals surface area contributed by atoms with Gasteiger partial charge in [-0.3, -0.25) is 10.1 Å². The molecule has 5 nitrogen and oxygen atoms in total. The van der Waals surface area contributed by atoms with E-state index in [0.717, 1.165) is 25.1 Å². The van der Waals surface area contributed by atoms with Crippen molar-refractivity contribution in [2.75, 3.05) is 13.2 Å². The number of nitro groups is 1. The minimum Gasteiger partial charge on any atom is -0.378 e. The second kappa shape index (κ2) is 6.45. The van der Waals surface area contributed by atoms with Gasteiger partial charge in [0, 0.05) is 25.8 Å². The highest BCUT2D eigenvalue weighted by atomic mass is 79.9. The smallest absolute Gasteiger partial charge is 0.283 e. The molecule has 1 aromatic rings. The fourth-order valence-electron chi connectivity index (χ4n) is 2.25. The first kappa shape index (κ1) is 14.4. The van der Waals surface area contributed by atoms with Crippen molar-refractivity contribution in [3.63, 3.8) is 0 Å². The summed E-state index contributed by atoms with van der Waals surface area (Å²) in [6.45, 7) is 4.43. The standard InChI is InChI=1S/C13H17BrN2O3/c1-9-11(4-5-19-9)8-15-7-10-2-3-12(14)13(6-10)16(17)18/h2-3,6,9,11,15H,4-5,7-8H2,1H3. The third-order valence-electron chi connectivity index (χ3n) is 3.48. The lowest BCUT2D eigenvalue weighted by Gasteiger charge is -2.14. The summed E-state index contributed by atoms with van der Waals surface area (Å²) >= 11 is 3.18. The number of hydrogen-bond acceptors (Lipinski definition) is 4. The molecule has 1 heterocycles. The van der Waals surface area contributed by atoms with Crippen molar-refractivity contribution < 1.29 is 9.66 Å². The first-order valence-corrected chi connectivity index (χ1v) is 7.12. The molecule has 1 aromatic carbocycles. The number of nitro benzene ring substituents is 1. The summed E-state index contributed by atoms with van der Waals surface area (Å²) in [6, 6.07) is 5.21. The second-order valence-electron chi connectivity index (χ2n) is 4.80. The Kier molecular flexibility index (Phi) is 4.90. The Bertz CT molecular complexity index is 467. The Morgan fingerprint density at radius 1 is 1.58 bits per heavy atom. The van der Waals surface area contributed by atoms with Crippen LogP contribution in [0.4, 0.5) is 5.69 Å². The second-order valence-corrected chi connectivity index (χ2v) is 5.65. The molecule has 0 saturated carbocycles. The minimum absolute atomic E-state index is 0.108. The lowest BCUT2D eigenvalue weighted by Crippen LogP contribution is -2.26. The molecule has 1 N–H and O–H groups in total. The van der Waals surface area contributed by atoms with E-state index in [1.165, 1.54) is 0 Å². The van der Waals surface area contributed by atoms with Gasteiger partial charge < -0.3 is 10.1 Å². The van der Waals surface area contributed by atoms with Gasteiger partial charge in [-0.1, -0.05) is 6.07 Å². The molecule has 1 aliphatic rings. The number of nitrogens with zero attached hydrogens (tertiary/aromatic N) is 1. The molecule has 2 atom stereocenters. The van der Waals surface area contributed by atoms with Gasteiger partial charge in [-0.2, -0.15) is 0 Å². The van der Waals surface area contributed by atoms with Crippen molar-refractivity contribution in [3.8, 4) is 0 Å². The molecule has 2 rings (SSSR count). The molecule has 0 amide bonds. The Balaban J connectivity index is 1.89. The van der Waals surface area contributed by atoms with E-state index in [4.69, 9.17) is 4.74 Å². The van der Waals surface area contributed by atoms with Gasteiger partial charge in [-0.25, -0.2) is 0 Å². The molecule has 1 aliphatic heterocycles. The Hall–Kier alpha value is -0.980. The van der Waals surface area contributed by atoms with Crippen LogP contribution in [0.25, 0.3) is 0 Å². The summed E-state index contributed by atoms with van der Waals surface area (Å²) < 4.78 is 6.01. The lowest BCUT2D eigenvalue weighted by atomic mass is 10.0. The monoisotopic (exact) mass is 328 g/mol. The maximum Gasteiger partial charge on any atom is 0.283 e. The quantitative estimate of drug-likeness (QED) is 0.666. The van der Waals surface area contributed by atoms with Gasteiger partial charge in [-0.15, -0.1) is 0 Å². The van der Waals surface area contributed by atoms with Gasteiger partial charge in [0.2, 0.25) is 0 Å². The largest absolute Gasteiger partial charge is 0.378 e. The molecule has 2 unspecified atom stereocenters. The van der Waals surface area contributed by atoms with Crippen LogP contribution >= 0.6 is 15.9 Å². The molecule has 1 fully saturated rings. The third kappa shape index (κ3) is 3.75. The normalized spacial score (nSPS) is 22.6. The topological polar surface area (TPSA) is 64.4 Å². The van der Waals surface area contributed by atoms with E-state index in [9.17, 15) is 10.1 Å². The molecular formula is C13H17BrN2O3. The molecule has 1 saturated heterocycles. The number of nitrogens with one attached hydrogen (secondary N) is 1. The van der Waals surface area contributed by atoms with E-state index in [1.807, 2.05) is 6.07 Å². The molecule has 19 heavy (non-hydrogen) atoms. The van der Waals surface area contributed by atoms with Gasteiger partial charge in [0.25, 0.3) is 5.69 Å². The average molecular weight is 329 g/mol. The number of ether oxygens (including phenoxy) is 1. The summed E-state index contributed by atoms with van der Waals surface area (Å²) in [4.78, 5) is 10.5. The highest BCUT2D eigenvalue weighted by Gasteiger charge is 2.23. The van der Waals surface area contributed by atoms with E-state index in [1.54, 1.807) is 12.1 Å². The van der Waals surface area contributed by atoms with Gasteiger partial charge in [-0.05, 0) is 46.8 Å². The summed E-state index contributed by atoms with van der Waals surface area (Å²) in [7, 11) is 0. The molecule has 104 valence electrons. The Morgan fingerprint density at radius 2 is 2.37 bits per heavy atom. The predicted molar refractivity (Wildman–Crippen MR) is 76.0 cm³/mol. The minimum atomic E-state index is -0.375. The zero-order valence-electron chi connectivity index (χ0n) is 10.8. The van der Waals surface area contributed by atoms with Crippen molar-refractivity contribution in [1.82, 2.24) is 5.32 Å². The lowest BCUT2D eigenvalue weighted by molar-refractivity contribution is -0.385. The zero-order chi connectivity index (χ0) is 13.8. The molecule has 0 spiro atoms. The Labute approximate surface area is 120 Å². The number of halogens is 1. The highest BCUT2D eigenvalue weighted by molar-refractivity contribution is 9.10. The van der Waals surface area contributed by atoms with Crippen LogP contribution in [0.5, 0.6) is 0 Å². The van der Waals surface area contributed by atoms with Crippen molar-refractivity contribution in [2.45, 2.75) is 26.0 Å². The van der Waals surface area contributed by atoms with E-state index in [-0.39, 0.29) is 10.6 Å². The van der Waals surface area contributed by atoms with E-state index < -0.39 is 0 Å². The van der Waals surface area contributed by atoms with Crippen LogP contribution in [0.15, 0.2) is 22.7 Å². The van der Waals surface area contributed by atoms with Crippen LogP contribution in [-0.4, -0.2) is 24.2 Å². The molecule has 0 aromatic heterocycles. The van der Waals surface area contributed by atoms with Gasteiger partial charge in [0.1, 0.15) is 0 Å². The van der Waals surface area contributed by atoms with Crippen LogP contribution in [0.2, 0.25) is 0 Å². The number of rotatable bonds is 5. The van der Waals surface area contributed by atoms with E-state index >= 15 is 0 Å². The molecular weight excluding hydrogens is 312 g/mol. The number of hydrogen-bond donors (Lipinski definition) is 1. The van der Waals surface area contributed by atoms with E-state index in [2.05, 4.69) is 28.2 Å². The third-order valence-corrected chi connectivity index (χ3v) is 4.15. The van der Waals surface area contributed by atoms with Crippen LogP contribution < -0.4 is 5.32 Å². The SMILES string of the molecule is CC1OCCC1CNCc1ccc(Br)c([N+](=O)[O-])c1. The summed E-state index contributed by atoms with van der Waals surface area (Å²) in [6.07, 6.45) is 1.38. The molecule has 0 bridgehead atoms. The van der Waals surface area contributed by atoms with Crippen molar-refractivity contribution in [2.24, 2.45) is 5.92 Å². The van der Waals surface area contributed by atoms with Crippen molar-refractivity contribution >= 4 is 21.6 Å².